The average molecular weight is 490 g/mol. The monoisotopic (exact) mass is 489 g/mol. The van der Waals surface area contributed by atoms with Crippen LogP contribution in [0.2, 0.25) is 0 Å². The summed E-state index contributed by atoms with van der Waals surface area (Å²) < 4.78 is 27.2. The molecule has 0 fully saturated rings. The average Bonchev–Trinajstić information content (AvgIpc) is 2.73. The molecule has 0 aliphatic carbocycles. The zero-order valence-electron chi connectivity index (χ0n) is 20.9. The van der Waals surface area contributed by atoms with E-state index in [2.05, 4.69) is 10.6 Å². The van der Waals surface area contributed by atoms with E-state index in [9.17, 15) is 23.1 Å². The third kappa shape index (κ3) is 6.28. The van der Waals surface area contributed by atoms with Crippen LogP contribution >= 0.6 is 0 Å². The Morgan fingerprint density at radius 2 is 1.65 bits per heavy atom. The summed E-state index contributed by atoms with van der Waals surface area (Å²) in [6.45, 7) is 10.6. The maximum absolute atomic E-state index is 13.1. The Bertz CT molecular complexity index is 1160. The lowest BCUT2D eigenvalue weighted by molar-refractivity contribution is -0.114. The largest absolute Gasteiger partial charge is 0.507 e. The molecular formula is C25H35N3O5S. The van der Waals surface area contributed by atoms with Crippen molar-refractivity contribution in [2.75, 3.05) is 29.0 Å². The molecule has 186 valence electrons. The Labute approximate surface area is 202 Å². The highest BCUT2D eigenvalue weighted by Crippen LogP contribution is 2.32. The number of carbonyl (C=O) groups is 2. The zero-order valence-corrected chi connectivity index (χ0v) is 21.8. The molecule has 0 unspecified atom stereocenters. The van der Waals surface area contributed by atoms with Crippen LogP contribution in [0.5, 0.6) is 5.75 Å². The first-order valence-corrected chi connectivity index (χ1v) is 12.8. The van der Waals surface area contributed by atoms with Crippen LogP contribution in [-0.2, 0) is 20.2 Å². The van der Waals surface area contributed by atoms with Crippen molar-refractivity contribution in [2.45, 2.75) is 53.4 Å². The van der Waals surface area contributed by atoms with E-state index in [1.165, 1.54) is 7.05 Å². The molecule has 0 radical (unpaired) electrons. The summed E-state index contributed by atoms with van der Waals surface area (Å²) >= 11 is 0. The fourth-order valence-electron chi connectivity index (χ4n) is 3.70. The lowest BCUT2D eigenvalue weighted by Gasteiger charge is -2.27. The van der Waals surface area contributed by atoms with Crippen molar-refractivity contribution in [3.8, 4) is 5.75 Å². The summed E-state index contributed by atoms with van der Waals surface area (Å²) in [7, 11) is -2.27. The van der Waals surface area contributed by atoms with Crippen LogP contribution in [0.15, 0.2) is 30.3 Å². The van der Waals surface area contributed by atoms with E-state index >= 15 is 0 Å². The molecule has 0 saturated heterocycles. The molecule has 2 aromatic carbocycles. The molecule has 2 amide bonds. The van der Waals surface area contributed by atoms with Gasteiger partial charge in [-0.05, 0) is 66.6 Å². The fraction of sp³-hybridized carbons (Fsp3) is 0.440. The fourth-order valence-corrected chi connectivity index (χ4v) is 5.18. The Hall–Kier alpha value is -3.07. The summed E-state index contributed by atoms with van der Waals surface area (Å²) in [6.07, 6.45) is 0.388. The molecule has 0 atom stereocenters. The first-order chi connectivity index (χ1) is 15.7. The SMILES string of the molecule is CCCS(=O)(=O)N(CC(=O)Nc1cc(C(=O)NC)ccc1C(C)(C)C)c1cc(C)c(O)c(C)c1. The highest BCUT2D eigenvalue weighted by molar-refractivity contribution is 7.92. The standard InChI is InChI=1S/C25H35N3O5S/c1-8-11-34(32,33)28(19-12-16(2)23(30)17(3)13-19)15-22(29)27-21-14-18(24(31)26-7)9-10-20(21)25(4,5)6/h9-10,12-14,30H,8,11,15H2,1-7H3,(H,26,31)(H,27,29). The van der Waals surface area contributed by atoms with Gasteiger partial charge in [0.05, 0.1) is 11.4 Å². The van der Waals surface area contributed by atoms with Gasteiger partial charge in [-0.2, -0.15) is 0 Å². The van der Waals surface area contributed by atoms with Crippen LogP contribution < -0.4 is 14.9 Å². The predicted octanol–water partition coefficient (Wildman–Crippen LogP) is 3.85. The van der Waals surface area contributed by atoms with Gasteiger partial charge in [-0.1, -0.05) is 33.8 Å². The van der Waals surface area contributed by atoms with Crippen LogP contribution in [0.4, 0.5) is 11.4 Å². The van der Waals surface area contributed by atoms with Crippen molar-refractivity contribution < 1.29 is 23.1 Å². The summed E-state index contributed by atoms with van der Waals surface area (Å²) in [4.78, 5) is 25.3. The second-order valence-electron chi connectivity index (χ2n) is 9.39. The number of hydrogen-bond donors (Lipinski definition) is 3. The minimum atomic E-state index is -3.80. The maximum atomic E-state index is 13.1. The van der Waals surface area contributed by atoms with Gasteiger partial charge in [0.1, 0.15) is 12.3 Å². The lowest BCUT2D eigenvalue weighted by Crippen LogP contribution is -2.39. The van der Waals surface area contributed by atoms with E-state index < -0.39 is 22.5 Å². The Kier molecular flexibility index (Phi) is 8.36. The van der Waals surface area contributed by atoms with Crippen molar-refractivity contribution >= 4 is 33.2 Å². The minimum absolute atomic E-state index is 0.0851. The Balaban J connectivity index is 2.48. The predicted molar refractivity (Wildman–Crippen MR) is 136 cm³/mol. The third-order valence-corrected chi connectivity index (χ3v) is 7.38. The summed E-state index contributed by atoms with van der Waals surface area (Å²) in [5.74, 6) is -0.874. The molecular weight excluding hydrogens is 454 g/mol. The number of phenolic OH excluding ortho intramolecular Hbond substituents is 1. The number of rotatable bonds is 8. The van der Waals surface area contributed by atoms with Crippen molar-refractivity contribution in [2.24, 2.45) is 0 Å². The topological polar surface area (TPSA) is 116 Å². The molecule has 2 aromatic rings. The number of amides is 2. The van der Waals surface area contributed by atoms with Crippen LogP contribution in [0, 0.1) is 13.8 Å². The summed E-state index contributed by atoms with van der Waals surface area (Å²) in [5, 5.41) is 15.5. The van der Waals surface area contributed by atoms with Gasteiger partial charge in [0, 0.05) is 18.3 Å². The van der Waals surface area contributed by atoms with E-state index in [0.29, 0.717) is 34.5 Å². The number of carbonyl (C=O) groups excluding carboxylic acids is 2. The third-order valence-electron chi connectivity index (χ3n) is 5.44. The molecule has 0 aliphatic rings. The van der Waals surface area contributed by atoms with Gasteiger partial charge in [0.25, 0.3) is 5.91 Å². The lowest BCUT2D eigenvalue weighted by atomic mass is 9.85. The van der Waals surface area contributed by atoms with E-state index in [1.54, 1.807) is 51.1 Å². The van der Waals surface area contributed by atoms with Crippen molar-refractivity contribution in [3.63, 3.8) is 0 Å². The summed E-state index contributed by atoms with van der Waals surface area (Å²) in [6, 6.07) is 8.18. The van der Waals surface area contributed by atoms with Crippen molar-refractivity contribution in [1.82, 2.24) is 5.32 Å². The number of nitrogens with zero attached hydrogens (tertiary/aromatic N) is 1. The van der Waals surface area contributed by atoms with Gasteiger partial charge in [-0.25, -0.2) is 8.42 Å². The number of aromatic hydroxyl groups is 1. The molecule has 0 aliphatic heterocycles. The van der Waals surface area contributed by atoms with Crippen LogP contribution in [0.1, 0.15) is 61.2 Å². The molecule has 3 N–H and O–H groups in total. The molecule has 2 rings (SSSR count). The molecule has 9 heteroatoms. The number of anilines is 2. The highest BCUT2D eigenvalue weighted by Gasteiger charge is 2.27. The molecule has 34 heavy (non-hydrogen) atoms. The Morgan fingerprint density at radius 1 is 1.06 bits per heavy atom. The normalized spacial score (nSPS) is 11.7. The quantitative estimate of drug-likeness (QED) is 0.521. The molecule has 0 bridgehead atoms. The number of sulfonamides is 1. The van der Waals surface area contributed by atoms with E-state index in [-0.39, 0.29) is 22.8 Å². The second kappa shape index (κ2) is 10.5. The Morgan fingerprint density at radius 3 is 2.15 bits per heavy atom. The van der Waals surface area contributed by atoms with Gasteiger partial charge >= 0.3 is 0 Å². The minimum Gasteiger partial charge on any atom is -0.507 e. The molecule has 0 saturated carbocycles. The number of aryl methyl sites for hydroxylation is 2. The molecule has 0 heterocycles. The first kappa shape index (κ1) is 27.2. The number of phenols is 1. The van der Waals surface area contributed by atoms with Crippen molar-refractivity contribution in [1.29, 1.82) is 0 Å². The maximum Gasteiger partial charge on any atom is 0.251 e. The number of hydrogen-bond acceptors (Lipinski definition) is 5. The molecule has 0 aromatic heterocycles. The van der Waals surface area contributed by atoms with Gasteiger partial charge in [-0.3, -0.25) is 13.9 Å². The zero-order chi connectivity index (χ0) is 25.8. The number of nitrogens with one attached hydrogen (secondary N) is 2. The smallest absolute Gasteiger partial charge is 0.251 e. The van der Waals surface area contributed by atoms with Gasteiger partial charge < -0.3 is 15.7 Å². The van der Waals surface area contributed by atoms with Gasteiger partial charge in [0.15, 0.2) is 0 Å². The second-order valence-corrected chi connectivity index (χ2v) is 11.4. The van der Waals surface area contributed by atoms with Gasteiger partial charge in [-0.15, -0.1) is 0 Å². The van der Waals surface area contributed by atoms with Crippen LogP contribution in [-0.4, -0.2) is 44.7 Å². The van der Waals surface area contributed by atoms with E-state index in [1.807, 2.05) is 20.8 Å². The first-order valence-electron chi connectivity index (χ1n) is 11.2. The highest BCUT2D eigenvalue weighted by atomic mass is 32.2. The molecule has 8 nitrogen and oxygen atoms in total. The summed E-state index contributed by atoms with van der Waals surface area (Å²) in [5.41, 5.74) is 2.65. The van der Waals surface area contributed by atoms with E-state index in [0.717, 1.165) is 9.87 Å². The number of benzene rings is 2. The van der Waals surface area contributed by atoms with Crippen molar-refractivity contribution in [3.05, 3.63) is 52.6 Å². The van der Waals surface area contributed by atoms with Crippen LogP contribution in [0.25, 0.3) is 0 Å². The molecule has 0 spiro atoms. The van der Waals surface area contributed by atoms with Gasteiger partial charge in [0.2, 0.25) is 15.9 Å². The van der Waals surface area contributed by atoms with E-state index in [4.69, 9.17) is 0 Å². The van der Waals surface area contributed by atoms with Crippen LogP contribution in [0.3, 0.4) is 0 Å².